The van der Waals surface area contributed by atoms with Crippen molar-refractivity contribution < 1.29 is 9.21 Å². The second-order valence-corrected chi connectivity index (χ2v) is 7.85. The predicted octanol–water partition coefficient (Wildman–Crippen LogP) is 5.79. The Morgan fingerprint density at radius 2 is 1.92 bits per heavy atom. The van der Waals surface area contributed by atoms with Crippen LogP contribution in [0.4, 0.5) is 5.00 Å². The topological polar surface area (TPSA) is 54.3 Å². The van der Waals surface area contributed by atoms with Gasteiger partial charge in [0.1, 0.15) is 16.5 Å². The predicted molar refractivity (Wildman–Crippen MR) is 102 cm³/mol. The molecule has 0 saturated heterocycles. The molecule has 0 spiro atoms. The van der Waals surface area contributed by atoms with Crippen LogP contribution in [0.5, 0.6) is 0 Å². The lowest BCUT2D eigenvalue weighted by atomic mass is 10.1. The molecule has 1 aliphatic heterocycles. The second kappa shape index (κ2) is 6.09. The van der Waals surface area contributed by atoms with Crippen LogP contribution in [0.15, 0.2) is 34.7 Å². The number of nitrogens with one attached hydrogen (secondary N) is 2. The fourth-order valence-electron chi connectivity index (χ4n) is 2.86. The summed E-state index contributed by atoms with van der Waals surface area (Å²) in [6, 6.07) is 9.02. The van der Waals surface area contributed by atoms with Gasteiger partial charge in [-0.25, -0.2) is 0 Å². The van der Waals surface area contributed by atoms with Crippen molar-refractivity contribution in [3.63, 3.8) is 0 Å². The van der Waals surface area contributed by atoms with Crippen molar-refractivity contribution in [1.82, 2.24) is 5.32 Å². The number of hydrogen-bond acceptors (Lipinski definition) is 4. The van der Waals surface area contributed by atoms with E-state index in [9.17, 15) is 4.79 Å². The lowest BCUT2D eigenvalue weighted by Crippen LogP contribution is -2.37. The van der Waals surface area contributed by atoms with Gasteiger partial charge in [0.25, 0.3) is 5.91 Å². The van der Waals surface area contributed by atoms with Crippen LogP contribution in [0.25, 0.3) is 11.3 Å². The highest BCUT2D eigenvalue weighted by atomic mass is 35.5. The highest BCUT2D eigenvalue weighted by Crippen LogP contribution is 2.39. The minimum atomic E-state index is -0.427. The van der Waals surface area contributed by atoms with Gasteiger partial charge in [-0.1, -0.05) is 29.3 Å². The molecular formula is C18H14Cl2N2O2S. The molecule has 0 fully saturated rings. The Kier molecular flexibility index (Phi) is 4.02. The number of hydrogen-bond donors (Lipinski definition) is 2. The third kappa shape index (κ3) is 2.72. The van der Waals surface area contributed by atoms with Crippen molar-refractivity contribution in [3.05, 3.63) is 62.1 Å². The van der Waals surface area contributed by atoms with Crippen LogP contribution in [0.3, 0.4) is 0 Å². The fourth-order valence-corrected chi connectivity index (χ4v) is 4.34. The van der Waals surface area contributed by atoms with Crippen molar-refractivity contribution in [2.45, 2.75) is 20.0 Å². The van der Waals surface area contributed by atoms with Crippen LogP contribution in [-0.4, -0.2) is 5.91 Å². The molecule has 0 radical (unpaired) electrons. The number of anilines is 1. The number of fused-ring (bicyclic) bond motifs is 1. The number of thiophene rings is 1. The lowest BCUT2D eigenvalue weighted by Gasteiger charge is -2.24. The molecule has 1 aliphatic rings. The molecule has 1 atom stereocenters. The van der Waals surface area contributed by atoms with Gasteiger partial charge in [-0.05, 0) is 43.7 Å². The first-order valence-electron chi connectivity index (χ1n) is 7.67. The van der Waals surface area contributed by atoms with Gasteiger partial charge in [-0.3, -0.25) is 4.79 Å². The van der Waals surface area contributed by atoms with Crippen LogP contribution >= 0.6 is 34.5 Å². The number of rotatable bonds is 2. The molecule has 3 aromatic rings. The minimum absolute atomic E-state index is 0.0978. The average Bonchev–Trinajstić information content (AvgIpc) is 3.16. The third-order valence-electron chi connectivity index (χ3n) is 4.29. The van der Waals surface area contributed by atoms with E-state index in [0.717, 1.165) is 15.4 Å². The zero-order valence-electron chi connectivity index (χ0n) is 13.4. The van der Waals surface area contributed by atoms with Crippen molar-refractivity contribution in [2.24, 2.45) is 0 Å². The number of carbonyl (C=O) groups is 1. The number of amides is 1. The van der Waals surface area contributed by atoms with Crippen molar-refractivity contribution in [1.29, 1.82) is 0 Å². The minimum Gasteiger partial charge on any atom is -0.457 e. The summed E-state index contributed by atoms with van der Waals surface area (Å²) in [5.41, 5.74) is 2.43. The summed E-state index contributed by atoms with van der Waals surface area (Å²) >= 11 is 13.9. The molecular weight excluding hydrogens is 379 g/mol. The number of furan rings is 1. The summed E-state index contributed by atoms with van der Waals surface area (Å²) in [6.07, 6.45) is -0.427. The molecule has 128 valence electrons. The summed E-state index contributed by atoms with van der Waals surface area (Å²) in [5, 5.41) is 8.04. The first kappa shape index (κ1) is 16.5. The monoisotopic (exact) mass is 392 g/mol. The zero-order chi connectivity index (χ0) is 17.7. The normalized spacial score (nSPS) is 16.3. The van der Waals surface area contributed by atoms with Crippen LogP contribution in [0.2, 0.25) is 10.0 Å². The SMILES string of the molecule is Cc1sc2c(c1C)C(=O)NC(c1ccc(-c3cccc(Cl)c3Cl)o1)N2. The number of aryl methyl sites for hydroxylation is 1. The van der Waals surface area contributed by atoms with Gasteiger partial charge >= 0.3 is 0 Å². The molecule has 2 N–H and O–H groups in total. The van der Waals surface area contributed by atoms with Gasteiger partial charge in [0.05, 0.1) is 15.6 Å². The molecule has 1 unspecified atom stereocenters. The first-order valence-corrected chi connectivity index (χ1v) is 9.24. The largest absolute Gasteiger partial charge is 0.457 e. The quantitative estimate of drug-likeness (QED) is 0.580. The summed E-state index contributed by atoms with van der Waals surface area (Å²) in [4.78, 5) is 13.6. The average molecular weight is 393 g/mol. The maximum atomic E-state index is 12.5. The molecule has 0 saturated carbocycles. The molecule has 0 bridgehead atoms. The highest BCUT2D eigenvalue weighted by Gasteiger charge is 2.30. The van der Waals surface area contributed by atoms with E-state index in [0.29, 0.717) is 32.7 Å². The van der Waals surface area contributed by atoms with Crippen molar-refractivity contribution >= 4 is 45.4 Å². The van der Waals surface area contributed by atoms with Crippen molar-refractivity contribution in [2.75, 3.05) is 5.32 Å². The van der Waals surface area contributed by atoms with Gasteiger partial charge in [0.15, 0.2) is 6.17 Å². The van der Waals surface area contributed by atoms with Gasteiger partial charge in [-0.15, -0.1) is 11.3 Å². The first-order chi connectivity index (χ1) is 12.0. The second-order valence-electron chi connectivity index (χ2n) is 5.84. The zero-order valence-corrected chi connectivity index (χ0v) is 15.8. The van der Waals surface area contributed by atoms with Crippen molar-refractivity contribution in [3.8, 4) is 11.3 Å². The van der Waals surface area contributed by atoms with E-state index in [4.69, 9.17) is 27.6 Å². The summed E-state index contributed by atoms with van der Waals surface area (Å²) < 4.78 is 5.93. The number of halogens is 2. The van der Waals surface area contributed by atoms with Gasteiger partial charge in [0.2, 0.25) is 0 Å². The molecule has 2 aromatic heterocycles. The smallest absolute Gasteiger partial charge is 0.256 e. The summed E-state index contributed by atoms with van der Waals surface area (Å²) in [6.45, 7) is 3.97. The van der Waals surface area contributed by atoms with E-state index in [1.54, 1.807) is 17.4 Å². The van der Waals surface area contributed by atoms with Gasteiger partial charge in [0, 0.05) is 10.4 Å². The van der Waals surface area contributed by atoms with E-state index in [1.807, 2.05) is 38.1 Å². The Morgan fingerprint density at radius 3 is 2.72 bits per heavy atom. The fraction of sp³-hybridized carbons (Fsp3) is 0.167. The molecule has 4 nitrogen and oxygen atoms in total. The Morgan fingerprint density at radius 1 is 1.12 bits per heavy atom. The lowest BCUT2D eigenvalue weighted by molar-refractivity contribution is 0.0931. The van der Waals surface area contributed by atoms with Crippen LogP contribution < -0.4 is 10.6 Å². The van der Waals surface area contributed by atoms with Gasteiger partial charge < -0.3 is 15.1 Å². The third-order valence-corrected chi connectivity index (χ3v) is 6.25. The molecule has 25 heavy (non-hydrogen) atoms. The maximum absolute atomic E-state index is 12.5. The highest BCUT2D eigenvalue weighted by molar-refractivity contribution is 7.16. The molecule has 1 amide bonds. The molecule has 7 heteroatoms. The van der Waals surface area contributed by atoms with Crippen LogP contribution in [0, 0.1) is 13.8 Å². The van der Waals surface area contributed by atoms with Crippen LogP contribution in [0.1, 0.15) is 32.7 Å². The number of benzene rings is 1. The standard InChI is InChI=1S/C18H14Cl2N2O2S/c1-8-9(2)25-18-14(8)17(23)21-16(22-18)13-7-6-12(24-13)10-4-3-5-11(19)15(10)20/h3-7,16,22H,1-2H3,(H,21,23). The Hall–Kier alpha value is -1.95. The maximum Gasteiger partial charge on any atom is 0.256 e. The molecule has 4 rings (SSSR count). The molecule has 1 aromatic carbocycles. The van der Waals surface area contributed by atoms with E-state index in [1.165, 1.54) is 0 Å². The van der Waals surface area contributed by atoms with Gasteiger partial charge in [-0.2, -0.15) is 0 Å². The van der Waals surface area contributed by atoms with E-state index >= 15 is 0 Å². The molecule has 3 heterocycles. The Balaban J connectivity index is 1.67. The number of carbonyl (C=O) groups excluding carboxylic acids is 1. The summed E-state index contributed by atoms with van der Waals surface area (Å²) in [5.74, 6) is 1.11. The van der Waals surface area contributed by atoms with Crippen LogP contribution in [-0.2, 0) is 0 Å². The van der Waals surface area contributed by atoms with E-state index in [-0.39, 0.29) is 5.91 Å². The Labute approximate surface area is 158 Å². The molecule has 0 aliphatic carbocycles. The Bertz CT molecular complexity index is 993. The summed E-state index contributed by atoms with van der Waals surface area (Å²) in [7, 11) is 0. The van der Waals surface area contributed by atoms with E-state index in [2.05, 4.69) is 10.6 Å². The van der Waals surface area contributed by atoms with E-state index < -0.39 is 6.17 Å².